The first-order chi connectivity index (χ1) is 13.8. The first-order valence-electron chi connectivity index (χ1n) is 11.0. The van der Waals surface area contributed by atoms with E-state index in [-0.39, 0.29) is 0 Å². The lowest BCUT2D eigenvalue weighted by atomic mass is 9.89. The van der Waals surface area contributed by atoms with Crippen LogP contribution in [0.1, 0.15) is 57.8 Å². The van der Waals surface area contributed by atoms with Crippen LogP contribution in [0, 0.1) is 5.92 Å². The van der Waals surface area contributed by atoms with E-state index in [4.69, 9.17) is 10.7 Å². The third kappa shape index (κ3) is 5.22. The van der Waals surface area contributed by atoms with Crippen molar-refractivity contribution in [3.8, 4) is 11.3 Å². The lowest BCUT2D eigenvalue weighted by Gasteiger charge is -2.27. The van der Waals surface area contributed by atoms with Crippen molar-refractivity contribution >= 4 is 11.6 Å². The molecule has 0 radical (unpaired) electrons. The van der Waals surface area contributed by atoms with Crippen LogP contribution in [-0.4, -0.2) is 28.6 Å². The van der Waals surface area contributed by atoms with Crippen molar-refractivity contribution in [3.05, 3.63) is 36.5 Å². The molecule has 5 heteroatoms. The van der Waals surface area contributed by atoms with Gasteiger partial charge in [-0.15, -0.1) is 0 Å². The van der Waals surface area contributed by atoms with Crippen LogP contribution in [0.3, 0.4) is 0 Å². The van der Waals surface area contributed by atoms with Gasteiger partial charge in [-0.3, -0.25) is 0 Å². The minimum atomic E-state index is 0.366. The molecule has 28 heavy (non-hydrogen) atoms. The maximum Gasteiger partial charge on any atom is 0.126 e. The first-order valence-corrected chi connectivity index (χ1v) is 11.0. The molecule has 2 heterocycles. The molecule has 2 aliphatic rings. The van der Waals surface area contributed by atoms with Crippen molar-refractivity contribution in [2.75, 3.05) is 17.2 Å². The summed E-state index contributed by atoms with van der Waals surface area (Å²) in [6.07, 6.45) is 13.1. The van der Waals surface area contributed by atoms with Crippen molar-refractivity contribution in [2.45, 2.75) is 69.9 Å². The van der Waals surface area contributed by atoms with E-state index in [1.807, 2.05) is 12.3 Å². The van der Waals surface area contributed by atoms with Crippen LogP contribution in [0.4, 0.5) is 11.6 Å². The summed E-state index contributed by atoms with van der Waals surface area (Å²) in [7, 11) is 0. The molecular formula is C23H33N5. The average Bonchev–Trinajstić information content (AvgIpc) is 2.75. The monoisotopic (exact) mass is 379 g/mol. The second-order valence-corrected chi connectivity index (χ2v) is 8.48. The Bertz CT molecular complexity index is 748. The van der Waals surface area contributed by atoms with E-state index >= 15 is 0 Å². The number of aromatic nitrogens is 2. The number of pyridine rings is 2. The molecule has 0 spiro atoms. The van der Waals surface area contributed by atoms with Crippen LogP contribution in [0.25, 0.3) is 11.3 Å². The molecule has 0 bridgehead atoms. The highest BCUT2D eigenvalue weighted by Gasteiger charge is 2.18. The summed E-state index contributed by atoms with van der Waals surface area (Å²) >= 11 is 0. The van der Waals surface area contributed by atoms with E-state index in [2.05, 4.69) is 39.9 Å². The number of hydrogen-bond acceptors (Lipinski definition) is 5. The van der Waals surface area contributed by atoms with Crippen LogP contribution in [0.2, 0.25) is 0 Å². The summed E-state index contributed by atoms with van der Waals surface area (Å²) in [5, 5.41) is 7.14. The molecule has 2 aromatic rings. The average molecular weight is 380 g/mol. The van der Waals surface area contributed by atoms with Gasteiger partial charge in [0.1, 0.15) is 11.6 Å². The highest BCUT2D eigenvalue weighted by Crippen LogP contribution is 2.26. The Balaban J connectivity index is 1.39. The molecular weight excluding hydrogens is 346 g/mol. The van der Waals surface area contributed by atoms with Crippen molar-refractivity contribution < 1.29 is 0 Å². The molecule has 2 fully saturated rings. The molecule has 2 aliphatic carbocycles. The standard InChI is InChI=1S/C23H33N5/c24-19-9-11-20(12-10-19)27-23-15-18(13-14-25-23)21-7-4-8-22(28-21)26-16-17-5-2-1-3-6-17/h4,7-8,13-15,17,19-20H,1-3,5-6,9-12,16,24H2,(H,25,27)(H,26,28). The van der Waals surface area contributed by atoms with Gasteiger partial charge >= 0.3 is 0 Å². The molecule has 5 nitrogen and oxygen atoms in total. The van der Waals surface area contributed by atoms with Crippen molar-refractivity contribution in [1.29, 1.82) is 0 Å². The van der Waals surface area contributed by atoms with E-state index in [1.54, 1.807) is 0 Å². The Kier molecular flexibility index (Phi) is 6.42. The fraction of sp³-hybridized carbons (Fsp3) is 0.565. The topological polar surface area (TPSA) is 75.9 Å². The Hall–Kier alpha value is -2.14. The smallest absolute Gasteiger partial charge is 0.126 e. The Morgan fingerprint density at radius 2 is 1.75 bits per heavy atom. The minimum Gasteiger partial charge on any atom is -0.370 e. The van der Waals surface area contributed by atoms with E-state index < -0.39 is 0 Å². The molecule has 150 valence electrons. The fourth-order valence-electron chi connectivity index (χ4n) is 4.48. The molecule has 0 aliphatic heterocycles. The summed E-state index contributed by atoms with van der Waals surface area (Å²) in [5.74, 6) is 2.69. The van der Waals surface area contributed by atoms with Gasteiger partial charge in [0.25, 0.3) is 0 Å². The van der Waals surface area contributed by atoms with E-state index in [0.717, 1.165) is 61.0 Å². The fourth-order valence-corrected chi connectivity index (χ4v) is 4.48. The Labute approximate surface area is 168 Å². The summed E-state index contributed by atoms with van der Waals surface area (Å²) in [6, 6.07) is 11.2. The third-order valence-electron chi connectivity index (χ3n) is 6.23. The summed E-state index contributed by atoms with van der Waals surface area (Å²) in [4.78, 5) is 9.35. The van der Waals surface area contributed by atoms with Crippen LogP contribution < -0.4 is 16.4 Å². The van der Waals surface area contributed by atoms with Gasteiger partial charge in [0.15, 0.2) is 0 Å². The van der Waals surface area contributed by atoms with Gasteiger partial charge in [0, 0.05) is 30.4 Å². The predicted octanol–water partition coefficient (Wildman–Crippen LogP) is 4.82. The number of nitrogens with two attached hydrogens (primary N) is 1. The van der Waals surface area contributed by atoms with E-state index in [0.29, 0.717) is 12.1 Å². The number of nitrogens with one attached hydrogen (secondary N) is 2. The van der Waals surface area contributed by atoms with Gasteiger partial charge in [-0.25, -0.2) is 9.97 Å². The van der Waals surface area contributed by atoms with Crippen LogP contribution in [0.5, 0.6) is 0 Å². The number of rotatable bonds is 6. The quantitative estimate of drug-likeness (QED) is 0.671. The zero-order valence-electron chi connectivity index (χ0n) is 16.7. The number of anilines is 2. The van der Waals surface area contributed by atoms with Crippen molar-refractivity contribution in [1.82, 2.24) is 9.97 Å². The Morgan fingerprint density at radius 3 is 2.57 bits per heavy atom. The van der Waals surface area contributed by atoms with Gasteiger partial charge in [-0.2, -0.15) is 0 Å². The highest BCUT2D eigenvalue weighted by atomic mass is 15.0. The van der Waals surface area contributed by atoms with E-state index in [9.17, 15) is 0 Å². The second kappa shape index (κ2) is 9.37. The maximum atomic E-state index is 6.02. The summed E-state index contributed by atoms with van der Waals surface area (Å²) < 4.78 is 0. The highest BCUT2D eigenvalue weighted by molar-refractivity contribution is 5.64. The SMILES string of the molecule is NC1CCC(Nc2cc(-c3cccc(NCC4CCCCC4)n3)ccn2)CC1. The van der Waals surface area contributed by atoms with Gasteiger partial charge in [-0.1, -0.05) is 25.3 Å². The van der Waals surface area contributed by atoms with Crippen molar-refractivity contribution in [2.24, 2.45) is 11.7 Å². The minimum absolute atomic E-state index is 0.366. The summed E-state index contributed by atoms with van der Waals surface area (Å²) in [5.41, 5.74) is 8.11. The summed E-state index contributed by atoms with van der Waals surface area (Å²) in [6.45, 7) is 1.03. The predicted molar refractivity (Wildman–Crippen MR) is 116 cm³/mol. The second-order valence-electron chi connectivity index (χ2n) is 8.48. The van der Waals surface area contributed by atoms with Crippen LogP contribution >= 0.6 is 0 Å². The molecule has 0 saturated heterocycles. The lowest BCUT2D eigenvalue weighted by Crippen LogP contribution is -2.32. The number of hydrogen-bond donors (Lipinski definition) is 3. The molecule has 0 amide bonds. The first kappa shape index (κ1) is 19.2. The van der Waals surface area contributed by atoms with Crippen LogP contribution in [-0.2, 0) is 0 Å². The van der Waals surface area contributed by atoms with Gasteiger partial charge in [0.2, 0.25) is 0 Å². The lowest BCUT2D eigenvalue weighted by molar-refractivity contribution is 0.373. The molecule has 0 aromatic carbocycles. The van der Waals surface area contributed by atoms with Gasteiger partial charge in [-0.05, 0) is 68.7 Å². The van der Waals surface area contributed by atoms with E-state index in [1.165, 1.54) is 32.1 Å². The zero-order valence-corrected chi connectivity index (χ0v) is 16.7. The number of nitrogens with zero attached hydrogens (tertiary/aromatic N) is 2. The molecule has 0 unspecified atom stereocenters. The molecule has 2 aromatic heterocycles. The maximum absolute atomic E-state index is 6.02. The third-order valence-corrected chi connectivity index (χ3v) is 6.23. The van der Waals surface area contributed by atoms with Crippen LogP contribution in [0.15, 0.2) is 36.5 Å². The zero-order chi connectivity index (χ0) is 19.2. The normalized spacial score (nSPS) is 23.3. The molecule has 4 N–H and O–H groups in total. The van der Waals surface area contributed by atoms with Crippen molar-refractivity contribution in [3.63, 3.8) is 0 Å². The Morgan fingerprint density at radius 1 is 0.929 bits per heavy atom. The molecule has 0 atom stereocenters. The van der Waals surface area contributed by atoms with Gasteiger partial charge < -0.3 is 16.4 Å². The van der Waals surface area contributed by atoms with Gasteiger partial charge in [0.05, 0.1) is 5.69 Å². The molecule has 4 rings (SSSR count). The largest absolute Gasteiger partial charge is 0.370 e. The molecule has 2 saturated carbocycles.